The van der Waals surface area contributed by atoms with Crippen LogP contribution < -0.4 is 11.0 Å². The number of hydrogen-bond donors (Lipinski definition) is 1. The molecule has 3 rings (SSSR count). The molecule has 0 saturated heterocycles. The van der Waals surface area contributed by atoms with Gasteiger partial charge in [-0.25, -0.2) is 5.43 Å². The van der Waals surface area contributed by atoms with Gasteiger partial charge in [-0.05, 0) is 46.9 Å². The molecule has 0 spiro atoms. The van der Waals surface area contributed by atoms with Gasteiger partial charge in [-0.15, -0.1) is 0 Å². The number of halogens is 1. The molecule has 2 aromatic carbocycles. The maximum absolute atomic E-state index is 12.7. The maximum Gasteiger partial charge on any atom is 0.276 e. The molecule has 3 aromatic rings. The summed E-state index contributed by atoms with van der Waals surface area (Å²) >= 11 is 6.00. The number of rotatable bonds is 6. The average molecular weight is 408 g/mol. The van der Waals surface area contributed by atoms with Gasteiger partial charge in [-0.2, -0.15) is 5.10 Å². The van der Waals surface area contributed by atoms with Crippen LogP contribution in [0.4, 0.5) is 0 Å². The summed E-state index contributed by atoms with van der Waals surface area (Å²) in [5, 5.41) is 4.57. The van der Waals surface area contributed by atoms with E-state index in [1.54, 1.807) is 30.6 Å². The Morgan fingerprint density at radius 1 is 1.14 bits per heavy atom. The Kier molecular flexibility index (Phi) is 6.62. The molecule has 0 unspecified atom stereocenters. The second-order valence-electron chi connectivity index (χ2n) is 7.01. The fraction of sp³-hybridized carbons (Fsp3) is 0.174. The van der Waals surface area contributed by atoms with Crippen LogP contribution in [0.5, 0.6) is 0 Å². The Hall–Kier alpha value is -3.18. The van der Waals surface area contributed by atoms with E-state index in [0.717, 1.165) is 11.1 Å². The van der Waals surface area contributed by atoms with Crippen molar-refractivity contribution in [3.8, 4) is 0 Å². The van der Waals surface area contributed by atoms with Gasteiger partial charge in [-0.1, -0.05) is 61.8 Å². The Labute approximate surface area is 174 Å². The molecule has 0 fully saturated rings. The summed E-state index contributed by atoms with van der Waals surface area (Å²) in [4.78, 5) is 25.0. The first kappa shape index (κ1) is 20.6. The normalized spacial score (nSPS) is 11.2. The molecule has 6 heteroatoms. The molecule has 29 heavy (non-hydrogen) atoms. The van der Waals surface area contributed by atoms with E-state index < -0.39 is 5.91 Å². The minimum Gasteiger partial charge on any atom is -0.310 e. The van der Waals surface area contributed by atoms with Gasteiger partial charge in [0.15, 0.2) is 0 Å². The largest absolute Gasteiger partial charge is 0.310 e. The van der Waals surface area contributed by atoms with Crippen LogP contribution in [0.15, 0.2) is 76.8 Å². The van der Waals surface area contributed by atoms with Gasteiger partial charge in [-0.3, -0.25) is 9.59 Å². The second kappa shape index (κ2) is 9.34. The maximum atomic E-state index is 12.7. The van der Waals surface area contributed by atoms with E-state index in [1.165, 1.54) is 16.2 Å². The van der Waals surface area contributed by atoms with Crippen LogP contribution in [0.25, 0.3) is 0 Å². The van der Waals surface area contributed by atoms with Gasteiger partial charge in [0, 0.05) is 11.2 Å². The van der Waals surface area contributed by atoms with Crippen molar-refractivity contribution in [2.75, 3.05) is 0 Å². The predicted molar refractivity (Wildman–Crippen MR) is 117 cm³/mol. The molecule has 0 aliphatic carbocycles. The third-order valence-corrected chi connectivity index (χ3v) is 4.72. The molecular weight excluding hydrogens is 386 g/mol. The third-order valence-electron chi connectivity index (χ3n) is 4.49. The van der Waals surface area contributed by atoms with Crippen molar-refractivity contribution in [2.24, 2.45) is 5.10 Å². The highest BCUT2D eigenvalue weighted by Gasteiger charge is 2.11. The highest BCUT2D eigenvalue weighted by Crippen LogP contribution is 2.14. The first-order valence-corrected chi connectivity index (χ1v) is 9.69. The lowest BCUT2D eigenvalue weighted by Crippen LogP contribution is -2.30. The lowest BCUT2D eigenvalue weighted by atomic mass is 10.0. The zero-order valence-electron chi connectivity index (χ0n) is 16.3. The number of pyridine rings is 1. The number of nitrogens with one attached hydrogen (secondary N) is 1. The molecule has 0 aliphatic rings. The molecule has 1 N–H and O–H groups in total. The number of carbonyl (C=O) groups is 1. The number of aromatic nitrogens is 1. The monoisotopic (exact) mass is 407 g/mol. The highest BCUT2D eigenvalue weighted by atomic mass is 35.5. The minimum absolute atomic E-state index is 0.0295. The van der Waals surface area contributed by atoms with Gasteiger partial charge < -0.3 is 4.57 Å². The van der Waals surface area contributed by atoms with E-state index in [-0.39, 0.29) is 11.1 Å². The number of hydrazone groups is 1. The molecule has 0 bridgehead atoms. The summed E-state index contributed by atoms with van der Waals surface area (Å²) in [5.74, 6) is -0.0988. The van der Waals surface area contributed by atoms with Gasteiger partial charge in [0.25, 0.3) is 11.5 Å². The van der Waals surface area contributed by atoms with E-state index >= 15 is 0 Å². The molecular formula is C23H22ClN3O2. The van der Waals surface area contributed by atoms with Crippen molar-refractivity contribution < 1.29 is 4.79 Å². The zero-order valence-corrected chi connectivity index (χ0v) is 17.1. The Morgan fingerprint density at radius 3 is 2.59 bits per heavy atom. The van der Waals surface area contributed by atoms with Crippen LogP contribution >= 0.6 is 11.6 Å². The summed E-state index contributed by atoms with van der Waals surface area (Å²) in [6, 6.07) is 18.3. The number of amides is 1. The van der Waals surface area contributed by atoms with Crippen molar-refractivity contribution in [2.45, 2.75) is 26.3 Å². The summed E-state index contributed by atoms with van der Waals surface area (Å²) < 4.78 is 1.47. The molecule has 0 radical (unpaired) electrons. The van der Waals surface area contributed by atoms with Crippen LogP contribution in [-0.4, -0.2) is 16.7 Å². The predicted octanol–water partition coefficient (Wildman–Crippen LogP) is 4.44. The van der Waals surface area contributed by atoms with Crippen molar-refractivity contribution >= 4 is 23.7 Å². The standard InChI is InChI=1S/C23H22ClN3O2/c1-16(2)19-10-8-17(9-11-19)14-25-26-22(28)21-7-4-12-27(23(21)29)15-18-5-3-6-20(24)13-18/h3-14,16H,15H2,1-2H3,(H,26,28)/b25-14-. The summed E-state index contributed by atoms with van der Waals surface area (Å²) in [7, 11) is 0. The van der Waals surface area contributed by atoms with E-state index in [9.17, 15) is 9.59 Å². The molecule has 1 amide bonds. The minimum atomic E-state index is -0.550. The van der Waals surface area contributed by atoms with E-state index in [2.05, 4.69) is 24.4 Å². The summed E-state index contributed by atoms with van der Waals surface area (Å²) in [6.45, 7) is 4.58. The Balaban J connectivity index is 1.70. The van der Waals surface area contributed by atoms with Crippen LogP contribution in [0, 0.1) is 0 Å². The molecule has 0 saturated carbocycles. The van der Waals surface area contributed by atoms with Crippen molar-refractivity contribution in [3.63, 3.8) is 0 Å². The lowest BCUT2D eigenvalue weighted by molar-refractivity contribution is 0.0953. The first-order chi connectivity index (χ1) is 13.9. The van der Waals surface area contributed by atoms with Gasteiger partial charge in [0.05, 0.1) is 12.8 Å². The molecule has 0 atom stereocenters. The van der Waals surface area contributed by atoms with Crippen LogP contribution in [0.1, 0.15) is 46.8 Å². The fourth-order valence-corrected chi connectivity index (χ4v) is 3.07. The Bertz CT molecular complexity index is 1090. The number of carbonyl (C=O) groups excluding carboxylic acids is 1. The van der Waals surface area contributed by atoms with Gasteiger partial charge in [0.1, 0.15) is 5.56 Å². The van der Waals surface area contributed by atoms with Crippen molar-refractivity contribution in [1.82, 2.24) is 9.99 Å². The Morgan fingerprint density at radius 2 is 1.90 bits per heavy atom. The average Bonchev–Trinajstić information content (AvgIpc) is 2.70. The number of hydrogen-bond acceptors (Lipinski definition) is 3. The molecule has 1 heterocycles. The fourth-order valence-electron chi connectivity index (χ4n) is 2.86. The van der Waals surface area contributed by atoms with Gasteiger partial charge >= 0.3 is 0 Å². The van der Waals surface area contributed by atoms with E-state index in [4.69, 9.17) is 11.6 Å². The SMILES string of the molecule is CC(C)c1ccc(/C=N\NC(=O)c2cccn(Cc3cccc(Cl)c3)c2=O)cc1. The number of benzene rings is 2. The third kappa shape index (κ3) is 5.42. The summed E-state index contributed by atoms with van der Waals surface area (Å²) in [6.07, 6.45) is 3.19. The first-order valence-electron chi connectivity index (χ1n) is 9.31. The van der Waals surface area contributed by atoms with Gasteiger partial charge in [0.2, 0.25) is 0 Å². The van der Waals surface area contributed by atoms with Crippen molar-refractivity contribution in [1.29, 1.82) is 0 Å². The van der Waals surface area contributed by atoms with E-state index in [1.807, 2.05) is 36.4 Å². The summed E-state index contributed by atoms with van der Waals surface area (Å²) in [5.41, 5.74) is 5.03. The molecule has 148 valence electrons. The smallest absolute Gasteiger partial charge is 0.276 e. The van der Waals surface area contributed by atoms with Crippen molar-refractivity contribution in [3.05, 3.63) is 104 Å². The number of nitrogens with zero attached hydrogens (tertiary/aromatic N) is 2. The topological polar surface area (TPSA) is 63.5 Å². The molecule has 5 nitrogen and oxygen atoms in total. The molecule has 1 aromatic heterocycles. The lowest BCUT2D eigenvalue weighted by Gasteiger charge is -2.08. The highest BCUT2D eigenvalue weighted by molar-refractivity contribution is 6.30. The quantitative estimate of drug-likeness (QED) is 0.485. The zero-order chi connectivity index (χ0) is 20.8. The molecule has 0 aliphatic heterocycles. The van der Waals surface area contributed by atoms with Crippen LogP contribution in [0.2, 0.25) is 5.02 Å². The van der Waals surface area contributed by atoms with Crippen LogP contribution in [0.3, 0.4) is 0 Å². The van der Waals surface area contributed by atoms with Crippen LogP contribution in [-0.2, 0) is 6.54 Å². The van der Waals surface area contributed by atoms with E-state index in [0.29, 0.717) is 17.5 Å². The second-order valence-corrected chi connectivity index (χ2v) is 7.44.